The summed E-state index contributed by atoms with van der Waals surface area (Å²) >= 11 is 0. The standard InChI is InChI=1S/C28H31N5O2.C2HF3O2.CHF3.CH2O2/c1-27(2,3)21-11-9-20(10-12-21)26(34)30-23-19-33-24(29-23)13-14-25(31-33)32-17-15-28(35,16-18-32)22-7-5-4-6-8-22;3-2(4,5)1(6)7;2-1(3)4;2-1-3/h4-14,19,35H,15-18H2,1-3H3,(H,30,34);(H,6,7);1H;1H,(H,2,3). The number of nitrogens with zero attached hydrogens (tertiary/aromatic N) is 4. The van der Waals surface area contributed by atoms with Crippen LogP contribution in [0.4, 0.5) is 38.0 Å². The van der Waals surface area contributed by atoms with Crippen molar-refractivity contribution in [3.05, 3.63) is 89.6 Å². The molecule has 0 atom stereocenters. The number of amides is 1. The molecule has 5 rings (SSSR count). The first kappa shape index (κ1) is 40.0. The number of aromatic nitrogens is 3. The van der Waals surface area contributed by atoms with Crippen LogP contribution in [0.25, 0.3) is 5.65 Å². The zero-order valence-electron chi connectivity index (χ0n) is 26.5. The Morgan fingerprint density at radius 2 is 1.45 bits per heavy atom. The lowest BCUT2D eigenvalue weighted by Gasteiger charge is -2.39. The van der Waals surface area contributed by atoms with Crippen LogP contribution in [0.3, 0.4) is 0 Å². The second-order valence-corrected chi connectivity index (χ2v) is 11.4. The smallest absolute Gasteiger partial charge is 0.483 e. The fraction of sp³-hybridized carbons (Fsp3) is 0.344. The number of rotatable bonds is 4. The summed E-state index contributed by atoms with van der Waals surface area (Å²) in [4.78, 5) is 36.7. The maximum Gasteiger partial charge on any atom is 0.490 e. The van der Waals surface area contributed by atoms with E-state index < -0.39 is 24.4 Å². The Balaban J connectivity index is 0.000000506. The van der Waals surface area contributed by atoms with Gasteiger partial charge in [0.25, 0.3) is 12.4 Å². The van der Waals surface area contributed by atoms with E-state index in [2.05, 4.69) is 36.0 Å². The summed E-state index contributed by atoms with van der Waals surface area (Å²) < 4.78 is 62.4. The molecule has 0 saturated carbocycles. The Morgan fingerprint density at radius 1 is 0.939 bits per heavy atom. The molecule has 1 amide bonds. The van der Waals surface area contributed by atoms with Crippen molar-refractivity contribution in [2.45, 2.75) is 57.5 Å². The minimum absolute atomic E-state index is 0.0363. The molecule has 266 valence electrons. The molecule has 1 aliphatic heterocycles. The van der Waals surface area contributed by atoms with E-state index in [9.17, 15) is 36.2 Å². The third-order valence-electron chi connectivity index (χ3n) is 7.03. The topological polar surface area (TPSA) is 157 Å². The summed E-state index contributed by atoms with van der Waals surface area (Å²) in [6.07, 6.45) is -2.09. The van der Waals surface area contributed by atoms with Crippen LogP contribution in [0, 0.1) is 0 Å². The number of carbonyl (C=O) groups excluding carboxylic acids is 1. The number of piperidine rings is 1. The van der Waals surface area contributed by atoms with Gasteiger partial charge in [-0.3, -0.25) is 9.59 Å². The lowest BCUT2D eigenvalue weighted by atomic mass is 9.84. The Labute approximate surface area is 276 Å². The Hall–Kier alpha value is -5.19. The van der Waals surface area contributed by atoms with E-state index in [-0.39, 0.29) is 17.8 Å². The lowest BCUT2D eigenvalue weighted by Crippen LogP contribution is -2.43. The highest BCUT2D eigenvalue weighted by molar-refractivity contribution is 6.03. The number of hydrogen-bond donors (Lipinski definition) is 4. The summed E-state index contributed by atoms with van der Waals surface area (Å²) in [7, 11) is 0. The van der Waals surface area contributed by atoms with Crippen molar-refractivity contribution < 1.29 is 56.0 Å². The predicted octanol–water partition coefficient (Wildman–Crippen LogP) is 6.28. The molecule has 1 fully saturated rings. The number of fused-ring (bicyclic) bond motifs is 1. The SMILES string of the molecule is CC(C)(C)c1ccc(C(=O)Nc2cn3nc(N4CCC(O)(c5ccccc5)CC4)ccc3n2)cc1.FC(F)F.O=C(O)C(F)(F)F.O=CO. The van der Waals surface area contributed by atoms with Crippen molar-refractivity contribution in [1.29, 1.82) is 0 Å². The van der Waals surface area contributed by atoms with Gasteiger partial charge in [-0.1, -0.05) is 63.2 Å². The fourth-order valence-corrected chi connectivity index (χ4v) is 4.55. The number of carbonyl (C=O) groups is 3. The van der Waals surface area contributed by atoms with Gasteiger partial charge in [-0.15, -0.1) is 5.10 Å². The molecular formula is C32H35F6N5O6. The van der Waals surface area contributed by atoms with Crippen LogP contribution < -0.4 is 10.2 Å². The predicted molar refractivity (Wildman–Crippen MR) is 167 cm³/mol. The van der Waals surface area contributed by atoms with E-state index in [1.807, 2.05) is 66.7 Å². The van der Waals surface area contributed by atoms with Crippen LogP contribution in [0.2, 0.25) is 0 Å². The van der Waals surface area contributed by atoms with Gasteiger partial charge in [-0.2, -0.15) is 26.3 Å². The molecule has 4 aromatic rings. The number of aliphatic hydroxyl groups is 1. The highest BCUT2D eigenvalue weighted by Gasteiger charge is 2.38. The van der Waals surface area contributed by atoms with E-state index in [0.29, 0.717) is 43.0 Å². The maximum atomic E-state index is 12.7. The average Bonchev–Trinajstić information content (AvgIpc) is 3.43. The number of nitrogens with one attached hydrogen (secondary N) is 1. The number of anilines is 2. The zero-order valence-corrected chi connectivity index (χ0v) is 26.5. The molecular weight excluding hydrogens is 664 g/mol. The highest BCUT2D eigenvalue weighted by atomic mass is 19.4. The van der Waals surface area contributed by atoms with E-state index >= 15 is 0 Å². The summed E-state index contributed by atoms with van der Waals surface area (Å²) in [6.45, 7) is 3.92. The van der Waals surface area contributed by atoms with Gasteiger partial charge in [0, 0.05) is 18.7 Å². The maximum absolute atomic E-state index is 12.7. The van der Waals surface area contributed by atoms with E-state index in [4.69, 9.17) is 24.9 Å². The zero-order chi connectivity index (χ0) is 37.0. The van der Waals surface area contributed by atoms with Crippen LogP contribution in [-0.4, -0.2) is 74.2 Å². The Kier molecular flexibility index (Phi) is 14.1. The fourth-order valence-electron chi connectivity index (χ4n) is 4.55. The lowest BCUT2D eigenvalue weighted by molar-refractivity contribution is -0.192. The molecule has 3 heterocycles. The van der Waals surface area contributed by atoms with Crippen LogP contribution in [0.15, 0.2) is 72.9 Å². The van der Waals surface area contributed by atoms with E-state index in [1.165, 1.54) is 5.56 Å². The first-order valence-electron chi connectivity index (χ1n) is 14.4. The molecule has 0 unspecified atom stereocenters. The van der Waals surface area contributed by atoms with E-state index in [0.717, 1.165) is 11.4 Å². The third kappa shape index (κ3) is 12.4. The van der Waals surface area contributed by atoms with Crippen LogP contribution in [0.5, 0.6) is 0 Å². The van der Waals surface area contributed by atoms with Crippen LogP contribution >= 0.6 is 0 Å². The van der Waals surface area contributed by atoms with Crippen molar-refractivity contribution >= 4 is 35.6 Å². The summed E-state index contributed by atoms with van der Waals surface area (Å²) in [5, 5.41) is 32.7. The molecule has 17 heteroatoms. The highest BCUT2D eigenvalue weighted by Crippen LogP contribution is 2.34. The van der Waals surface area contributed by atoms with Gasteiger partial charge >= 0.3 is 18.8 Å². The van der Waals surface area contributed by atoms with E-state index in [1.54, 1.807) is 10.7 Å². The van der Waals surface area contributed by atoms with Gasteiger partial charge in [0.1, 0.15) is 5.82 Å². The van der Waals surface area contributed by atoms with Crippen LogP contribution in [0.1, 0.15) is 55.1 Å². The molecule has 1 saturated heterocycles. The second kappa shape index (κ2) is 17.3. The normalized spacial score (nSPS) is 13.9. The quantitative estimate of drug-likeness (QED) is 0.142. The molecule has 11 nitrogen and oxygen atoms in total. The summed E-state index contributed by atoms with van der Waals surface area (Å²) in [5.41, 5.74) is 2.62. The molecule has 0 aliphatic carbocycles. The van der Waals surface area contributed by atoms with Crippen LogP contribution in [-0.2, 0) is 20.6 Å². The molecule has 0 bridgehead atoms. The number of halogens is 6. The van der Waals surface area contributed by atoms with Crippen molar-refractivity contribution in [2.24, 2.45) is 0 Å². The minimum Gasteiger partial charge on any atom is -0.483 e. The van der Waals surface area contributed by atoms with Gasteiger partial charge in [0.2, 0.25) is 0 Å². The molecule has 4 N–H and O–H groups in total. The monoisotopic (exact) mass is 699 g/mol. The molecule has 0 radical (unpaired) electrons. The number of imidazole rings is 1. The number of carboxylic acid groups (broad SMARTS) is 2. The van der Waals surface area contributed by atoms with Crippen molar-refractivity contribution in [2.75, 3.05) is 23.3 Å². The summed E-state index contributed by atoms with van der Waals surface area (Å²) in [5.74, 6) is -1.69. The largest absolute Gasteiger partial charge is 0.490 e. The van der Waals surface area contributed by atoms with Crippen molar-refractivity contribution in [3.63, 3.8) is 0 Å². The van der Waals surface area contributed by atoms with Crippen molar-refractivity contribution in [1.82, 2.24) is 14.6 Å². The number of hydrogen-bond acceptors (Lipinski definition) is 7. The van der Waals surface area contributed by atoms with Crippen molar-refractivity contribution in [3.8, 4) is 0 Å². The van der Waals surface area contributed by atoms with Gasteiger partial charge in [-0.25, -0.2) is 14.3 Å². The average molecular weight is 700 g/mol. The van der Waals surface area contributed by atoms with Gasteiger partial charge in [-0.05, 0) is 53.6 Å². The van der Waals surface area contributed by atoms with Gasteiger partial charge < -0.3 is 25.5 Å². The molecule has 1 aliphatic rings. The van der Waals surface area contributed by atoms with Gasteiger partial charge in [0.15, 0.2) is 11.5 Å². The Bertz CT molecular complexity index is 1650. The van der Waals surface area contributed by atoms with Gasteiger partial charge in [0.05, 0.1) is 11.8 Å². The molecule has 2 aromatic carbocycles. The molecule has 0 spiro atoms. The minimum atomic E-state index is -5.08. The first-order valence-corrected chi connectivity index (χ1v) is 14.4. The number of alkyl halides is 6. The second-order valence-electron chi connectivity index (χ2n) is 11.4. The summed E-state index contributed by atoms with van der Waals surface area (Å²) in [6, 6.07) is 21.4. The number of carboxylic acids is 1. The first-order chi connectivity index (χ1) is 22.8. The number of benzene rings is 2. The third-order valence-corrected chi connectivity index (χ3v) is 7.03. The molecule has 49 heavy (non-hydrogen) atoms. The number of aliphatic carboxylic acids is 1. The molecule has 2 aromatic heterocycles. The Morgan fingerprint density at radius 3 is 1.92 bits per heavy atom.